The molecule has 0 unspecified atom stereocenters. The molecule has 0 saturated heterocycles. The predicted octanol–water partition coefficient (Wildman–Crippen LogP) is 3.17. The van der Waals surface area contributed by atoms with Crippen LogP contribution in [0.2, 0.25) is 0 Å². The molecule has 0 fully saturated rings. The molecule has 0 aliphatic heterocycles. The summed E-state index contributed by atoms with van der Waals surface area (Å²) in [5.74, 6) is -0.212. The lowest BCUT2D eigenvalue weighted by atomic mass is 10.2. The first-order valence-electron chi connectivity index (χ1n) is 5.54. The molecule has 94 valence electrons. The van der Waals surface area contributed by atoms with Crippen molar-refractivity contribution in [2.75, 3.05) is 5.88 Å². The second kappa shape index (κ2) is 5.03. The molecule has 4 nitrogen and oxygen atoms in total. The summed E-state index contributed by atoms with van der Waals surface area (Å²) in [5, 5.41) is 2.50. The average Bonchev–Trinajstić information content (AvgIpc) is 2.95. The normalized spacial score (nSPS) is 10.8. The molecule has 6 heteroatoms. The molecular weight excluding hydrogens is 282 g/mol. The van der Waals surface area contributed by atoms with Crippen molar-refractivity contribution in [2.24, 2.45) is 0 Å². The highest BCUT2D eigenvalue weighted by atomic mass is 35.5. The Labute approximate surface area is 118 Å². The van der Waals surface area contributed by atoms with Gasteiger partial charge in [-0.15, -0.1) is 22.9 Å². The van der Waals surface area contributed by atoms with Crippen LogP contribution in [0.1, 0.15) is 10.5 Å². The number of hydrogen-bond donors (Lipinski definition) is 0. The zero-order chi connectivity index (χ0) is 13.2. The first kappa shape index (κ1) is 12.2. The van der Waals surface area contributed by atoms with E-state index in [9.17, 15) is 4.79 Å². The van der Waals surface area contributed by atoms with E-state index in [-0.39, 0.29) is 11.7 Å². The predicted molar refractivity (Wildman–Crippen MR) is 75.7 cm³/mol. The van der Waals surface area contributed by atoms with Crippen LogP contribution in [0.3, 0.4) is 0 Å². The Morgan fingerprint density at radius 1 is 1.21 bits per heavy atom. The Morgan fingerprint density at radius 3 is 2.79 bits per heavy atom. The molecule has 0 bridgehead atoms. The Morgan fingerprint density at radius 2 is 2.00 bits per heavy atom. The molecule has 2 heterocycles. The van der Waals surface area contributed by atoms with Gasteiger partial charge in [0.2, 0.25) is 0 Å². The van der Waals surface area contributed by atoms with Gasteiger partial charge in [-0.1, -0.05) is 0 Å². The van der Waals surface area contributed by atoms with Gasteiger partial charge < -0.3 is 0 Å². The summed E-state index contributed by atoms with van der Waals surface area (Å²) < 4.78 is 0. The van der Waals surface area contributed by atoms with Crippen molar-refractivity contribution in [3.05, 3.63) is 41.7 Å². The van der Waals surface area contributed by atoms with E-state index >= 15 is 0 Å². The number of hydrogen-bond acceptors (Lipinski definition) is 5. The molecule has 0 amide bonds. The summed E-state index contributed by atoms with van der Waals surface area (Å²) in [7, 11) is 0. The maximum atomic E-state index is 11.5. The summed E-state index contributed by atoms with van der Waals surface area (Å²) in [5.41, 5.74) is 2.97. The fourth-order valence-electron chi connectivity index (χ4n) is 1.70. The highest BCUT2D eigenvalue weighted by Crippen LogP contribution is 2.26. The fourth-order valence-corrected chi connectivity index (χ4v) is 2.66. The minimum absolute atomic E-state index is 0.0492. The third kappa shape index (κ3) is 2.34. The number of carbonyl (C=O) groups excluding carboxylic acids is 1. The van der Waals surface area contributed by atoms with Gasteiger partial charge in [0.25, 0.3) is 0 Å². The monoisotopic (exact) mass is 289 g/mol. The maximum absolute atomic E-state index is 11.5. The summed E-state index contributed by atoms with van der Waals surface area (Å²) in [6.45, 7) is 0. The molecule has 0 atom stereocenters. The number of nitrogens with zero attached hydrogens (tertiary/aromatic N) is 3. The second-order valence-corrected chi connectivity index (χ2v) is 4.98. The summed E-state index contributed by atoms with van der Waals surface area (Å²) in [6.07, 6.45) is 3.30. The molecule has 1 aromatic carbocycles. The lowest BCUT2D eigenvalue weighted by molar-refractivity contribution is 0.101. The van der Waals surface area contributed by atoms with E-state index in [1.807, 2.05) is 18.2 Å². The first-order chi connectivity index (χ1) is 9.28. The van der Waals surface area contributed by atoms with Crippen LogP contribution in [-0.2, 0) is 0 Å². The zero-order valence-electron chi connectivity index (χ0n) is 9.71. The molecule has 0 aliphatic carbocycles. The van der Waals surface area contributed by atoms with Crippen LogP contribution < -0.4 is 0 Å². The van der Waals surface area contributed by atoms with Crippen molar-refractivity contribution < 1.29 is 4.79 Å². The van der Waals surface area contributed by atoms with Gasteiger partial charge in [-0.05, 0) is 18.2 Å². The van der Waals surface area contributed by atoms with Gasteiger partial charge in [0.05, 0.1) is 16.9 Å². The van der Waals surface area contributed by atoms with Crippen LogP contribution in [0.15, 0.2) is 36.0 Å². The van der Waals surface area contributed by atoms with E-state index in [0.29, 0.717) is 5.69 Å². The Balaban J connectivity index is 2.04. The summed E-state index contributed by atoms with van der Waals surface area (Å²) in [6, 6.07) is 5.73. The van der Waals surface area contributed by atoms with Crippen LogP contribution in [0, 0.1) is 0 Å². The van der Waals surface area contributed by atoms with Crippen LogP contribution in [0.5, 0.6) is 0 Å². The number of aromatic nitrogens is 3. The molecule has 19 heavy (non-hydrogen) atoms. The van der Waals surface area contributed by atoms with Crippen LogP contribution in [0.4, 0.5) is 0 Å². The number of rotatable bonds is 3. The Kier molecular flexibility index (Phi) is 3.23. The minimum atomic E-state index is -0.162. The second-order valence-electron chi connectivity index (χ2n) is 3.85. The molecule has 3 rings (SSSR count). The third-order valence-electron chi connectivity index (χ3n) is 2.63. The maximum Gasteiger partial charge on any atom is 0.196 e. The molecule has 0 saturated carbocycles. The van der Waals surface area contributed by atoms with Gasteiger partial charge >= 0.3 is 0 Å². The fraction of sp³-hybridized carbons (Fsp3) is 0.0769. The number of carbonyl (C=O) groups is 1. The highest BCUT2D eigenvalue weighted by Gasteiger charge is 2.11. The number of Topliss-reactive ketones (excluding diaryl/α,β-unsaturated/α-hetero) is 1. The lowest BCUT2D eigenvalue weighted by Gasteiger charge is -1.98. The number of benzene rings is 1. The van der Waals surface area contributed by atoms with Crippen molar-refractivity contribution in [2.45, 2.75) is 0 Å². The van der Waals surface area contributed by atoms with E-state index in [2.05, 4.69) is 15.0 Å². The van der Waals surface area contributed by atoms with Crippen molar-refractivity contribution in [1.29, 1.82) is 0 Å². The number of fused-ring (bicyclic) bond motifs is 1. The van der Waals surface area contributed by atoms with Gasteiger partial charge in [-0.3, -0.25) is 14.8 Å². The average molecular weight is 290 g/mol. The van der Waals surface area contributed by atoms with Gasteiger partial charge in [-0.2, -0.15) is 0 Å². The Hall–Kier alpha value is -1.85. The highest BCUT2D eigenvalue weighted by molar-refractivity contribution is 7.13. The van der Waals surface area contributed by atoms with Crippen LogP contribution in [0.25, 0.3) is 21.6 Å². The zero-order valence-corrected chi connectivity index (χ0v) is 11.3. The first-order valence-corrected chi connectivity index (χ1v) is 6.95. The van der Waals surface area contributed by atoms with E-state index in [1.165, 1.54) is 11.3 Å². The lowest BCUT2D eigenvalue weighted by Crippen LogP contribution is -2.00. The van der Waals surface area contributed by atoms with E-state index in [1.54, 1.807) is 17.8 Å². The SMILES string of the molecule is O=C(CCl)c1csc(-c2ccc3nccnc3c2)n1. The summed E-state index contributed by atoms with van der Waals surface area (Å²) in [4.78, 5) is 24.2. The van der Waals surface area contributed by atoms with E-state index in [0.717, 1.165) is 21.6 Å². The van der Waals surface area contributed by atoms with Gasteiger partial charge in [0.15, 0.2) is 5.78 Å². The van der Waals surface area contributed by atoms with Crippen LogP contribution in [-0.4, -0.2) is 26.6 Å². The van der Waals surface area contributed by atoms with Crippen molar-refractivity contribution >= 4 is 39.8 Å². The minimum Gasteiger partial charge on any atom is -0.291 e. The largest absolute Gasteiger partial charge is 0.291 e. The molecule has 0 N–H and O–H groups in total. The standard InChI is InChI=1S/C13H8ClN3OS/c14-6-12(18)11-7-19-13(17-11)8-1-2-9-10(5-8)16-4-3-15-9/h1-5,7H,6H2. The van der Waals surface area contributed by atoms with Crippen molar-refractivity contribution in [3.8, 4) is 10.6 Å². The third-order valence-corrected chi connectivity index (χ3v) is 3.76. The quantitative estimate of drug-likeness (QED) is 0.549. The summed E-state index contributed by atoms with van der Waals surface area (Å²) >= 11 is 6.93. The van der Waals surface area contributed by atoms with Crippen LogP contribution >= 0.6 is 22.9 Å². The van der Waals surface area contributed by atoms with Crippen molar-refractivity contribution in [1.82, 2.24) is 15.0 Å². The number of halogens is 1. The molecule has 0 spiro atoms. The molecule has 3 aromatic rings. The number of thiazole rings is 1. The smallest absolute Gasteiger partial charge is 0.196 e. The topological polar surface area (TPSA) is 55.7 Å². The molecule has 0 radical (unpaired) electrons. The number of alkyl halides is 1. The van der Waals surface area contributed by atoms with Gasteiger partial charge in [0.1, 0.15) is 10.7 Å². The van der Waals surface area contributed by atoms with Gasteiger partial charge in [0, 0.05) is 23.3 Å². The van der Waals surface area contributed by atoms with Crippen molar-refractivity contribution in [3.63, 3.8) is 0 Å². The number of ketones is 1. The van der Waals surface area contributed by atoms with E-state index in [4.69, 9.17) is 11.6 Å². The molecular formula is C13H8ClN3OS. The van der Waals surface area contributed by atoms with Gasteiger partial charge in [-0.25, -0.2) is 4.98 Å². The van der Waals surface area contributed by atoms with E-state index < -0.39 is 0 Å². The molecule has 0 aliphatic rings. The molecule has 2 aromatic heterocycles. The Bertz CT molecular complexity index is 756.